The Labute approximate surface area is 148 Å². The normalized spacial score (nSPS) is 10.9. The highest BCUT2D eigenvalue weighted by Gasteiger charge is 2.14. The summed E-state index contributed by atoms with van der Waals surface area (Å²) in [5.41, 5.74) is 4.56. The highest BCUT2D eigenvalue weighted by Crippen LogP contribution is 2.28. The molecule has 1 N–H and O–H groups in total. The fraction of sp³-hybridized carbons (Fsp3) is 0.286. The van der Waals surface area contributed by atoms with Crippen molar-refractivity contribution >= 4 is 16.6 Å². The van der Waals surface area contributed by atoms with Crippen molar-refractivity contribution in [3.05, 3.63) is 58.4 Å². The van der Waals surface area contributed by atoms with Gasteiger partial charge in [0.2, 0.25) is 0 Å². The fourth-order valence-electron chi connectivity index (χ4n) is 3.24. The van der Waals surface area contributed by atoms with Gasteiger partial charge in [-0.1, -0.05) is 25.1 Å². The zero-order valence-electron chi connectivity index (χ0n) is 15.2. The van der Waals surface area contributed by atoms with Crippen LogP contribution in [-0.2, 0) is 0 Å². The van der Waals surface area contributed by atoms with Gasteiger partial charge in [-0.15, -0.1) is 0 Å². The first-order valence-electron chi connectivity index (χ1n) is 8.57. The summed E-state index contributed by atoms with van der Waals surface area (Å²) in [6, 6.07) is 11.7. The predicted octanol–water partition coefficient (Wildman–Crippen LogP) is 4.36. The van der Waals surface area contributed by atoms with Gasteiger partial charge in [0.1, 0.15) is 5.75 Å². The number of nitrogens with one attached hydrogen (secondary N) is 1. The van der Waals surface area contributed by atoms with Gasteiger partial charge in [-0.2, -0.15) is 0 Å². The monoisotopic (exact) mass is 336 g/mol. The summed E-state index contributed by atoms with van der Waals surface area (Å²) in [7, 11) is 3.69. The van der Waals surface area contributed by atoms with Gasteiger partial charge in [-0.3, -0.25) is 4.79 Å². The van der Waals surface area contributed by atoms with E-state index in [-0.39, 0.29) is 5.43 Å². The largest absolute Gasteiger partial charge is 0.497 e. The molecular formula is C21H24N2O2. The van der Waals surface area contributed by atoms with Crippen molar-refractivity contribution in [1.82, 2.24) is 4.98 Å². The fourth-order valence-corrected chi connectivity index (χ4v) is 3.24. The number of aromatic amines is 1. The minimum Gasteiger partial charge on any atom is -0.497 e. The number of aromatic nitrogens is 1. The van der Waals surface area contributed by atoms with E-state index in [9.17, 15) is 4.79 Å². The van der Waals surface area contributed by atoms with Crippen LogP contribution < -0.4 is 15.1 Å². The van der Waals surface area contributed by atoms with Gasteiger partial charge in [0.05, 0.1) is 23.7 Å². The maximum Gasteiger partial charge on any atom is 0.197 e. The van der Waals surface area contributed by atoms with Gasteiger partial charge in [-0.25, -0.2) is 0 Å². The molecule has 4 heteroatoms. The maximum absolute atomic E-state index is 13.2. The number of nitrogens with zero attached hydrogens (tertiary/aromatic N) is 1. The zero-order valence-corrected chi connectivity index (χ0v) is 15.2. The Morgan fingerprint density at radius 2 is 1.84 bits per heavy atom. The molecule has 0 aliphatic heterocycles. The molecule has 2 aromatic carbocycles. The van der Waals surface area contributed by atoms with Crippen molar-refractivity contribution in [3.8, 4) is 16.9 Å². The summed E-state index contributed by atoms with van der Waals surface area (Å²) >= 11 is 0. The lowest BCUT2D eigenvalue weighted by molar-refractivity contribution is 0.415. The number of methoxy groups -OCH3 is 1. The van der Waals surface area contributed by atoms with Crippen LogP contribution in [0.2, 0.25) is 0 Å². The Morgan fingerprint density at radius 3 is 2.48 bits per heavy atom. The number of hydrogen-bond acceptors (Lipinski definition) is 3. The van der Waals surface area contributed by atoms with E-state index < -0.39 is 0 Å². The van der Waals surface area contributed by atoms with E-state index in [1.54, 1.807) is 7.11 Å². The highest BCUT2D eigenvalue weighted by molar-refractivity contribution is 5.95. The van der Waals surface area contributed by atoms with Crippen molar-refractivity contribution in [1.29, 1.82) is 0 Å². The molecule has 0 amide bonds. The van der Waals surface area contributed by atoms with E-state index in [2.05, 4.69) is 29.9 Å². The summed E-state index contributed by atoms with van der Waals surface area (Å²) in [5.74, 6) is 0.778. The minimum atomic E-state index is 0.0585. The van der Waals surface area contributed by atoms with Gasteiger partial charge in [-0.05, 0) is 42.7 Å². The lowest BCUT2D eigenvalue weighted by atomic mass is 10.0. The van der Waals surface area contributed by atoms with Crippen LogP contribution in [0.15, 0.2) is 47.4 Å². The van der Waals surface area contributed by atoms with Crippen LogP contribution in [0.5, 0.6) is 5.75 Å². The third-order valence-corrected chi connectivity index (χ3v) is 4.60. The lowest BCUT2D eigenvalue weighted by Crippen LogP contribution is -2.19. The molecule has 0 atom stereocenters. The molecule has 0 unspecified atom stereocenters. The third kappa shape index (κ3) is 3.12. The number of fused-ring (bicyclic) bond motifs is 1. The second-order valence-electron chi connectivity index (χ2n) is 6.33. The van der Waals surface area contributed by atoms with Crippen LogP contribution in [0.4, 0.5) is 5.69 Å². The molecule has 3 aromatic rings. The average Bonchev–Trinajstić information content (AvgIpc) is 2.62. The van der Waals surface area contributed by atoms with Crippen molar-refractivity contribution in [2.45, 2.75) is 20.3 Å². The van der Waals surface area contributed by atoms with Crippen LogP contribution in [0.25, 0.3) is 22.0 Å². The van der Waals surface area contributed by atoms with Crippen molar-refractivity contribution in [3.63, 3.8) is 0 Å². The molecule has 0 aliphatic rings. The quantitative estimate of drug-likeness (QED) is 0.753. The number of H-pyrrole nitrogens is 1. The average molecular weight is 336 g/mol. The minimum absolute atomic E-state index is 0.0585. The summed E-state index contributed by atoms with van der Waals surface area (Å²) in [4.78, 5) is 18.7. The Balaban J connectivity index is 2.19. The van der Waals surface area contributed by atoms with Crippen LogP contribution >= 0.6 is 0 Å². The Kier molecular flexibility index (Phi) is 4.79. The van der Waals surface area contributed by atoms with Gasteiger partial charge < -0.3 is 14.6 Å². The molecule has 0 radical (unpaired) electrons. The standard InChI is InChI=1S/C21H24N2O2/c1-5-12-23(3)18-11-6-14(2)19-20(18)22-13-17(21(19)24)15-7-9-16(25-4)10-8-15/h6-11,13H,5,12H2,1-4H3,(H,22,24). The molecule has 130 valence electrons. The van der Waals surface area contributed by atoms with E-state index >= 15 is 0 Å². The first kappa shape index (κ1) is 17.1. The van der Waals surface area contributed by atoms with E-state index in [0.717, 1.165) is 46.4 Å². The summed E-state index contributed by atoms with van der Waals surface area (Å²) < 4.78 is 5.20. The van der Waals surface area contributed by atoms with E-state index in [4.69, 9.17) is 4.74 Å². The highest BCUT2D eigenvalue weighted by atomic mass is 16.5. The van der Waals surface area contributed by atoms with E-state index in [1.807, 2.05) is 43.5 Å². The van der Waals surface area contributed by atoms with Gasteiger partial charge in [0.15, 0.2) is 5.43 Å². The van der Waals surface area contributed by atoms with E-state index in [1.165, 1.54) is 0 Å². The molecule has 0 aliphatic carbocycles. The Hall–Kier alpha value is -2.75. The molecular weight excluding hydrogens is 312 g/mol. The second-order valence-corrected chi connectivity index (χ2v) is 6.33. The number of aryl methyl sites for hydroxylation is 1. The van der Waals surface area contributed by atoms with Crippen molar-refractivity contribution in [2.75, 3.05) is 25.6 Å². The van der Waals surface area contributed by atoms with Crippen LogP contribution in [0.3, 0.4) is 0 Å². The first-order chi connectivity index (χ1) is 12.1. The Bertz CT molecular complexity index is 943. The molecule has 1 heterocycles. The number of anilines is 1. The Morgan fingerprint density at radius 1 is 1.12 bits per heavy atom. The van der Waals surface area contributed by atoms with Crippen LogP contribution in [-0.4, -0.2) is 25.7 Å². The molecule has 3 rings (SSSR count). The van der Waals surface area contributed by atoms with Crippen molar-refractivity contribution in [2.24, 2.45) is 0 Å². The van der Waals surface area contributed by atoms with Crippen molar-refractivity contribution < 1.29 is 4.74 Å². The van der Waals surface area contributed by atoms with Gasteiger partial charge in [0.25, 0.3) is 0 Å². The number of hydrogen-bond donors (Lipinski definition) is 1. The van der Waals surface area contributed by atoms with Gasteiger partial charge >= 0.3 is 0 Å². The summed E-state index contributed by atoms with van der Waals surface area (Å²) in [5, 5.41) is 0.758. The third-order valence-electron chi connectivity index (χ3n) is 4.60. The zero-order chi connectivity index (χ0) is 18.0. The number of rotatable bonds is 5. The molecule has 0 fully saturated rings. The number of pyridine rings is 1. The molecule has 0 saturated heterocycles. The van der Waals surface area contributed by atoms with E-state index in [0.29, 0.717) is 5.56 Å². The molecule has 0 bridgehead atoms. The molecule has 0 spiro atoms. The topological polar surface area (TPSA) is 45.3 Å². The predicted molar refractivity (Wildman–Crippen MR) is 105 cm³/mol. The molecule has 0 saturated carbocycles. The number of benzene rings is 2. The van der Waals surface area contributed by atoms with Gasteiger partial charge in [0, 0.05) is 25.4 Å². The van der Waals surface area contributed by atoms with Crippen LogP contribution in [0.1, 0.15) is 18.9 Å². The lowest BCUT2D eigenvalue weighted by Gasteiger charge is -2.21. The molecule has 1 aromatic heterocycles. The van der Waals surface area contributed by atoms with Crippen LogP contribution in [0, 0.1) is 6.92 Å². The summed E-state index contributed by atoms with van der Waals surface area (Å²) in [6.45, 7) is 5.08. The molecule has 4 nitrogen and oxygen atoms in total. The maximum atomic E-state index is 13.2. The second kappa shape index (κ2) is 7.01. The number of ether oxygens (including phenoxy) is 1. The summed E-state index contributed by atoms with van der Waals surface area (Å²) in [6.07, 6.45) is 2.87. The smallest absolute Gasteiger partial charge is 0.197 e. The molecule has 25 heavy (non-hydrogen) atoms. The SMILES string of the molecule is CCCN(C)c1ccc(C)c2c(=O)c(-c3ccc(OC)cc3)c[nH]c12. The first-order valence-corrected chi connectivity index (χ1v) is 8.57.